The summed E-state index contributed by atoms with van der Waals surface area (Å²) in [7, 11) is 1.57. The fraction of sp³-hybridized carbons (Fsp3) is 0.188. The molecule has 0 saturated carbocycles. The average Bonchev–Trinajstić information content (AvgIpc) is 2.90. The van der Waals surface area contributed by atoms with E-state index in [0.29, 0.717) is 18.0 Å². The molecule has 4 nitrogen and oxygen atoms in total. The summed E-state index contributed by atoms with van der Waals surface area (Å²) in [6.07, 6.45) is -0.818. The first-order valence-corrected chi connectivity index (χ1v) is 6.55. The van der Waals surface area contributed by atoms with E-state index >= 15 is 0 Å². The van der Waals surface area contributed by atoms with E-state index in [4.69, 9.17) is 9.47 Å². The fourth-order valence-electron chi connectivity index (χ4n) is 2.30. The first kappa shape index (κ1) is 13.4. The lowest BCUT2D eigenvalue weighted by molar-refractivity contribution is 0.142. The highest BCUT2D eigenvalue weighted by molar-refractivity contribution is 5.90. The predicted molar refractivity (Wildman–Crippen MR) is 76.0 cm³/mol. The van der Waals surface area contributed by atoms with E-state index in [9.17, 15) is 9.18 Å². The highest BCUT2D eigenvalue weighted by Gasteiger charge is 2.33. The van der Waals surface area contributed by atoms with Crippen molar-refractivity contribution >= 4 is 11.8 Å². The van der Waals surface area contributed by atoms with E-state index < -0.39 is 12.2 Å². The third-order valence-electron chi connectivity index (χ3n) is 3.42. The summed E-state index contributed by atoms with van der Waals surface area (Å²) in [4.78, 5) is 13.6. The Hall–Kier alpha value is -2.56. The lowest BCUT2D eigenvalue weighted by Crippen LogP contribution is -2.23. The Balaban J connectivity index is 1.82. The van der Waals surface area contributed by atoms with Crippen LogP contribution in [-0.2, 0) is 4.74 Å². The minimum Gasteiger partial charge on any atom is -0.497 e. The smallest absolute Gasteiger partial charge is 0.415 e. The summed E-state index contributed by atoms with van der Waals surface area (Å²) in [6.45, 7) is 0.387. The molecule has 1 atom stereocenters. The van der Waals surface area contributed by atoms with Gasteiger partial charge in [0.1, 0.15) is 17.7 Å². The number of hydrogen-bond acceptors (Lipinski definition) is 3. The van der Waals surface area contributed by atoms with Crippen LogP contribution >= 0.6 is 0 Å². The second-order valence-corrected chi connectivity index (χ2v) is 4.74. The number of amides is 1. The molecule has 1 saturated heterocycles. The van der Waals surface area contributed by atoms with E-state index in [1.54, 1.807) is 25.3 Å². The molecule has 21 heavy (non-hydrogen) atoms. The summed E-state index contributed by atoms with van der Waals surface area (Å²) >= 11 is 0. The Labute approximate surface area is 121 Å². The molecule has 0 spiro atoms. The quantitative estimate of drug-likeness (QED) is 0.866. The van der Waals surface area contributed by atoms with Crippen molar-refractivity contribution in [2.45, 2.75) is 6.10 Å². The molecule has 0 bridgehead atoms. The number of methoxy groups -OCH3 is 1. The van der Waals surface area contributed by atoms with Gasteiger partial charge in [0.15, 0.2) is 0 Å². The van der Waals surface area contributed by atoms with Gasteiger partial charge in [-0.15, -0.1) is 0 Å². The van der Waals surface area contributed by atoms with Crippen molar-refractivity contribution in [1.29, 1.82) is 0 Å². The summed E-state index contributed by atoms with van der Waals surface area (Å²) in [5.74, 6) is 0.359. The van der Waals surface area contributed by atoms with Crippen LogP contribution in [0.3, 0.4) is 0 Å². The number of carbonyl (C=O) groups excluding carboxylic acids is 1. The maximum Gasteiger partial charge on any atom is 0.415 e. The third-order valence-corrected chi connectivity index (χ3v) is 3.42. The van der Waals surface area contributed by atoms with Gasteiger partial charge in [-0.2, -0.15) is 0 Å². The van der Waals surface area contributed by atoms with Gasteiger partial charge in [0, 0.05) is 6.07 Å². The normalized spacial score (nSPS) is 17.7. The molecule has 108 valence electrons. The van der Waals surface area contributed by atoms with Crippen molar-refractivity contribution < 1.29 is 18.7 Å². The monoisotopic (exact) mass is 287 g/mol. The van der Waals surface area contributed by atoms with E-state index in [0.717, 1.165) is 5.56 Å². The van der Waals surface area contributed by atoms with Crippen molar-refractivity contribution in [2.75, 3.05) is 18.6 Å². The first-order valence-electron chi connectivity index (χ1n) is 6.55. The van der Waals surface area contributed by atoms with E-state index in [1.807, 2.05) is 18.2 Å². The van der Waals surface area contributed by atoms with Gasteiger partial charge < -0.3 is 9.47 Å². The standard InChI is InChI=1S/C16H14FNO3/c1-20-14-4-2-3-13(9-14)18-10-15(21-16(18)19)11-5-7-12(17)8-6-11/h2-9,15H,10H2,1H3. The van der Waals surface area contributed by atoms with Crippen LogP contribution in [0.2, 0.25) is 0 Å². The second kappa shape index (κ2) is 5.44. The molecule has 1 amide bonds. The van der Waals surface area contributed by atoms with E-state index in [-0.39, 0.29) is 5.82 Å². The number of benzene rings is 2. The summed E-state index contributed by atoms with van der Waals surface area (Å²) in [6, 6.07) is 13.2. The summed E-state index contributed by atoms with van der Waals surface area (Å²) < 4.78 is 23.4. The van der Waals surface area contributed by atoms with Crippen LogP contribution < -0.4 is 9.64 Å². The molecule has 3 rings (SSSR count). The maximum atomic E-state index is 12.9. The molecule has 0 N–H and O–H groups in total. The first-order chi connectivity index (χ1) is 10.2. The van der Waals surface area contributed by atoms with Crippen LogP contribution in [-0.4, -0.2) is 19.7 Å². The minimum atomic E-state index is -0.419. The largest absolute Gasteiger partial charge is 0.497 e. The van der Waals surface area contributed by atoms with Crippen LogP contribution in [0.1, 0.15) is 11.7 Å². The zero-order chi connectivity index (χ0) is 14.8. The number of halogens is 1. The van der Waals surface area contributed by atoms with E-state index in [1.165, 1.54) is 17.0 Å². The van der Waals surface area contributed by atoms with Gasteiger partial charge in [-0.25, -0.2) is 9.18 Å². The number of nitrogens with zero attached hydrogens (tertiary/aromatic N) is 1. The molecular formula is C16H14FNO3. The molecule has 0 radical (unpaired) electrons. The van der Waals surface area contributed by atoms with Crippen LogP contribution in [0.4, 0.5) is 14.9 Å². The highest BCUT2D eigenvalue weighted by Crippen LogP contribution is 2.31. The molecule has 5 heteroatoms. The van der Waals surface area contributed by atoms with Crippen LogP contribution in [0.5, 0.6) is 5.75 Å². The topological polar surface area (TPSA) is 38.8 Å². The number of carbonyl (C=O) groups is 1. The average molecular weight is 287 g/mol. The second-order valence-electron chi connectivity index (χ2n) is 4.74. The van der Waals surface area contributed by atoms with Gasteiger partial charge >= 0.3 is 6.09 Å². The zero-order valence-electron chi connectivity index (χ0n) is 11.5. The number of ether oxygens (including phenoxy) is 2. The van der Waals surface area contributed by atoms with Crippen molar-refractivity contribution in [1.82, 2.24) is 0 Å². The fourth-order valence-corrected chi connectivity index (χ4v) is 2.30. The molecule has 2 aromatic carbocycles. The molecular weight excluding hydrogens is 273 g/mol. The van der Waals surface area contributed by atoms with Crippen LogP contribution in [0, 0.1) is 5.82 Å². The third kappa shape index (κ3) is 2.67. The van der Waals surface area contributed by atoms with Gasteiger partial charge in [0.05, 0.1) is 19.3 Å². The summed E-state index contributed by atoms with van der Waals surface area (Å²) in [5.41, 5.74) is 1.49. The highest BCUT2D eigenvalue weighted by atomic mass is 19.1. The van der Waals surface area contributed by atoms with Gasteiger partial charge in [-0.3, -0.25) is 4.90 Å². The summed E-state index contributed by atoms with van der Waals surface area (Å²) in [5, 5.41) is 0. The Morgan fingerprint density at radius 3 is 2.71 bits per heavy atom. The predicted octanol–water partition coefficient (Wildman–Crippen LogP) is 3.53. The maximum absolute atomic E-state index is 12.9. The molecule has 1 unspecified atom stereocenters. The van der Waals surface area contributed by atoms with Crippen molar-refractivity contribution in [3.63, 3.8) is 0 Å². The number of anilines is 1. The Kier molecular flexibility index (Phi) is 3.48. The Morgan fingerprint density at radius 1 is 1.24 bits per heavy atom. The van der Waals surface area contributed by atoms with Gasteiger partial charge in [0.2, 0.25) is 0 Å². The van der Waals surface area contributed by atoms with E-state index in [2.05, 4.69) is 0 Å². The molecule has 0 aromatic heterocycles. The zero-order valence-corrected chi connectivity index (χ0v) is 11.5. The van der Waals surface area contributed by atoms with Gasteiger partial charge in [-0.1, -0.05) is 18.2 Å². The number of hydrogen-bond donors (Lipinski definition) is 0. The van der Waals surface area contributed by atoms with Gasteiger partial charge in [0.25, 0.3) is 0 Å². The lowest BCUT2D eigenvalue weighted by Gasteiger charge is -2.13. The Bertz CT molecular complexity index is 657. The van der Waals surface area contributed by atoms with Crippen LogP contribution in [0.15, 0.2) is 48.5 Å². The molecule has 1 aliphatic heterocycles. The molecule has 1 aliphatic rings. The van der Waals surface area contributed by atoms with Gasteiger partial charge in [-0.05, 0) is 29.8 Å². The SMILES string of the molecule is COc1cccc(N2CC(c3ccc(F)cc3)OC2=O)c1. The van der Waals surface area contributed by atoms with Crippen molar-refractivity contribution in [2.24, 2.45) is 0 Å². The minimum absolute atomic E-state index is 0.312. The lowest BCUT2D eigenvalue weighted by atomic mass is 10.1. The van der Waals surface area contributed by atoms with Crippen LogP contribution in [0.25, 0.3) is 0 Å². The molecule has 1 fully saturated rings. The molecule has 1 heterocycles. The molecule has 0 aliphatic carbocycles. The number of rotatable bonds is 3. The Morgan fingerprint density at radius 2 is 2.00 bits per heavy atom. The van der Waals surface area contributed by atoms with Crippen molar-refractivity contribution in [3.8, 4) is 5.75 Å². The van der Waals surface area contributed by atoms with Crippen molar-refractivity contribution in [3.05, 3.63) is 59.9 Å². The molecule has 2 aromatic rings. The number of cyclic esters (lactones) is 1.